The Bertz CT molecular complexity index is 435. The zero-order valence-electron chi connectivity index (χ0n) is 12.1. The van der Waals surface area contributed by atoms with Crippen LogP contribution in [-0.2, 0) is 11.3 Å². The molecule has 19 heavy (non-hydrogen) atoms. The van der Waals surface area contributed by atoms with Crippen molar-refractivity contribution < 1.29 is 4.79 Å². The molecule has 2 atom stereocenters. The summed E-state index contributed by atoms with van der Waals surface area (Å²) in [5, 5.41) is 0. The molecule has 1 aromatic carbocycles. The van der Waals surface area contributed by atoms with Crippen molar-refractivity contribution in [1.82, 2.24) is 4.90 Å². The Morgan fingerprint density at radius 2 is 1.89 bits per heavy atom. The van der Waals surface area contributed by atoms with Gasteiger partial charge in [-0.25, -0.2) is 0 Å². The molecule has 1 aromatic rings. The summed E-state index contributed by atoms with van der Waals surface area (Å²) in [4.78, 5) is 14.5. The fourth-order valence-electron chi connectivity index (χ4n) is 2.15. The average Bonchev–Trinajstić information content (AvgIpc) is 3.20. The largest absolute Gasteiger partial charge is 0.335 e. The van der Waals surface area contributed by atoms with Crippen LogP contribution in [0.4, 0.5) is 0 Å². The smallest absolute Gasteiger partial charge is 0.227 e. The first-order valence-electron chi connectivity index (χ1n) is 7.10. The predicted octanol–water partition coefficient (Wildman–Crippen LogP) is 2.47. The molecule has 0 saturated heterocycles. The topological polar surface area (TPSA) is 46.3 Å². The van der Waals surface area contributed by atoms with E-state index in [1.54, 1.807) is 0 Å². The number of carbonyl (C=O) groups excluding carboxylic acids is 1. The summed E-state index contributed by atoms with van der Waals surface area (Å²) in [5.74, 6) is 0.0872. The Morgan fingerprint density at radius 3 is 2.37 bits per heavy atom. The van der Waals surface area contributed by atoms with Crippen LogP contribution in [0.2, 0.25) is 0 Å². The van der Waals surface area contributed by atoms with Gasteiger partial charge in [0.15, 0.2) is 0 Å². The van der Waals surface area contributed by atoms with Gasteiger partial charge in [0, 0.05) is 18.6 Å². The van der Waals surface area contributed by atoms with Gasteiger partial charge in [-0.2, -0.15) is 0 Å². The van der Waals surface area contributed by atoms with Crippen LogP contribution < -0.4 is 5.73 Å². The Hall–Kier alpha value is -1.35. The fourth-order valence-corrected chi connectivity index (χ4v) is 2.15. The molecule has 104 valence electrons. The molecule has 2 unspecified atom stereocenters. The lowest BCUT2D eigenvalue weighted by Gasteiger charge is -2.27. The summed E-state index contributed by atoms with van der Waals surface area (Å²) < 4.78 is 0. The van der Waals surface area contributed by atoms with Crippen molar-refractivity contribution in [2.24, 2.45) is 11.7 Å². The van der Waals surface area contributed by atoms with Crippen LogP contribution in [0.5, 0.6) is 0 Å². The molecule has 1 fully saturated rings. The zero-order chi connectivity index (χ0) is 14.0. The van der Waals surface area contributed by atoms with E-state index in [4.69, 9.17) is 5.73 Å². The number of hydrogen-bond donors (Lipinski definition) is 1. The van der Waals surface area contributed by atoms with E-state index in [-0.39, 0.29) is 17.9 Å². The lowest BCUT2D eigenvalue weighted by atomic mass is 10.0. The van der Waals surface area contributed by atoms with Gasteiger partial charge in [-0.15, -0.1) is 0 Å². The molecule has 0 spiro atoms. The van der Waals surface area contributed by atoms with Gasteiger partial charge in [0.25, 0.3) is 0 Å². The Labute approximate surface area is 115 Å². The highest BCUT2D eigenvalue weighted by Crippen LogP contribution is 2.30. The lowest BCUT2D eigenvalue weighted by Crippen LogP contribution is -2.42. The Morgan fingerprint density at radius 1 is 1.32 bits per heavy atom. The number of nitrogens with zero attached hydrogens (tertiary/aromatic N) is 1. The molecule has 0 aliphatic heterocycles. The van der Waals surface area contributed by atoms with Gasteiger partial charge >= 0.3 is 0 Å². The molecule has 3 nitrogen and oxygen atoms in total. The third-order valence-electron chi connectivity index (χ3n) is 3.92. The molecular formula is C16H24N2O. The number of benzene rings is 1. The first-order chi connectivity index (χ1) is 8.99. The zero-order valence-corrected chi connectivity index (χ0v) is 12.1. The molecule has 2 rings (SSSR count). The van der Waals surface area contributed by atoms with E-state index in [9.17, 15) is 4.79 Å². The SMILES string of the molecule is Cc1ccc(CN(C(=O)C(C)C(C)N)C2CC2)cc1. The van der Waals surface area contributed by atoms with Gasteiger partial charge in [-0.3, -0.25) is 4.79 Å². The monoisotopic (exact) mass is 260 g/mol. The third-order valence-corrected chi connectivity index (χ3v) is 3.92. The summed E-state index contributed by atoms with van der Waals surface area (Å²) in [6.45, 7) is 6.61. The Balaban J connectivity index is 2.08. The normalized spacial score (nSPS) is 17.9. The standard InChI is InChI=1S/C16H24N2O/c1-11-4-6-14(7-5-11)10-18(15-8-9-15)16(19)12(2)13(3)17/h4-7,12-13,15H,8-10,17H2,1-3H3. The van der Waals surface area contributed by atoms with Gasteiger partial charge in [-0.1, -0.05) is 36.8 Å². The second kappa shape index (κ2) is 5.74. The van der Waals surface area contributed by atoms with Crippen molar-refractivity contribution >= 4 is 5.91 Å². The predicted molar refractivity (Wildman–Crippen MR) is 77.6 cm³/mol. The molecule has 0 bridgehead atoms. The lowest BCUT2D eigenvalue weighted by molar-refractivity contribution is -0.136. The summed E-state index contributed by atoms with van der Waals surface area (Å²) >= 11 is 0. The second-order valence-electron chi connectivity index (χ2n) is 5.83. The molecular weight excluding hydrogens is 236 g/mol. The van der Waals surface area contributed by atoms with Crippen LogP contribution in [0.3, 0.4) is 0 Å². The maximum atomic E-state index is 12.5. The van der Waals surface area contributed by atoms with Gasteiger partial charge in [0.05, 0.1) is 5.92 Å². The van der Waals surface area contributed by atoms with Gasteiger partial charge in [-0.05, 0) is 32.3 Å². The quantitative estimate of drug-likeness (QED) is 0.884. The van der Waals surface area contributed by atoms with Crippen molar-refractivity contribution in [3.63, 3.8) is 0 Å². The maximum Gasteiger partial charge on any atom is 0.227 e. The van der Waals surface area contributed by atoms with Crippen LogP contribution >= 0.6 is 0 Å². The molecule has 0 radical (unpaired) electrons. The van der Waals surface area contributed by atoms with Crippen molar-refractivity contribution in [2.45, 2.75) is 52.2 Å². The van der Waals surface area contributed by atoms with E-state index >= 15 is 0 Å². The number of hydrogen-bond acceptors (Lipinski definition) is 2. The molecule has 3 heteroatoms. The molecule has 2 N–H and O–H groups in total. The molecule has 0 aromatic heterocycles. The van der Waals surface area contributed by atoms with Crippen LogP contribution in [0.15, 0.2) is 24.3 Å². The number of aryl methyl sites for hydroxylation is 1. The summed E-state index contributed by atoms with van der Waals surface area (Å²) in [5.41, 5.74) is 8.31. The highest BCUT2D eigenvalue weighted by Gasteiger charge is 2.35. The average molecular weight is 260 g/mol. The minimum Gasteiger partial charge on any atom is -0.335 e. The van der Waals surface area contributed by atoms with Crippen molar-refractivity contribution in [1.29, 1.82) is 0 Å². The van der Waals surface area contributed by atoms with Crippen molar-refractivity contribution in [3.8, 4) is 0 Å². The molecule has 1 saturated carbocycles. The maximum absolute atomic E-state index is 12.5. The van der Waals surface area contributed by atoms with Crippen molar-refractivity contribution in [3.05, 3.63) is 35.4 Å². The van der Waals surface area contributed by atoms with Crippen LogP contribution in [-0.4, -0.2) is 22.9 Å². The van der Waals surface area contributed by atoms with Crippen LogP contribution in [0, 0.1) is 12.8 Å². The molecule has 0 heterocycles. The number of nitrogens with two attached hydrogens (primary N) is 1. The number of amides is 1. The summed E-state index contributed by atoms with van der Waals surface area (Å²) in [6.07, 6.45) is 2.26. The van der Waals surface area contributed by atoms with Crippen LogP contribution in [0.25, 0.3) is 0 Å². The fraction of sp³-hybridized carbons (Fsp3) is 0.562. The van der Waals surface area contributed by atoms with E-state index in [0.717, 1.165) is 12.8 Å². The van der Waals surface area contributed by atoms with Gasteiger partial charge in [0.1, 0.15) is 0 Å². The second-order valence-corrected chi connectivity index (χ2v) is 5.83. The Kier molecular flexibility index (Phi) is 4.25. The van der Waals surface area contributed by atoms with E-state index in [1.807, 2.05) is 18.7 Å². The van der Waals surface area contributed by atoms with E-state index in [2.05, 4.69) is 31.2 Å². The third kappa shape index (κ3) is 3.57. The molecule has 1 amide bonds. The molecule has 1 aliphatic rings. The molecule has 1 aliphatic carbocycles. The first-order valence-corrected chi connectivity index (χ1v) is 7.10. The highest BCUT2D eigenvalue weighted by atomic mass is 16.2. The number of carbonyl (C=O) groups is 1. The van der Waals surface area contributed by atoms with Gasteiger partial charge < -0.3 is 10.6 Å². The van der Waals surface area contributed by atoms with Crippen molar-refractivity contribution in [2.75, 3.05) is 0 Å². The highest BCUT2D eigenvalue weighted by molar-refractivity contribution is 5.79. The minimum absolute atomic E-state index is 0.0910. The summed E-state index contributed by atoms with van der Waals surface area (Å²) in [7, 11) is 0. The van der Waals surface area contributed by atoms with E-state index in [0.29, 0.717) is 12.6 Å². The van der Waals surface area contributed by atoms with E-state index < -0.39 is 0 Å². The summed E-state index contributed by atoms with van der Waals surface area (Å²) in [6, 6.07) is 8.74. The first kappa shape index (κ1) is 14.1. The van der Waals surface area contributed by atoms with E-state index in [1.165, 1.54) is 11.1 Å². The minimum atomic E-state index is -0.106. The number of rotatable bonds is 5. The van der Waals surface area contributed by atoms with Gasteiger partial charge in [0.2, 0.25) is 5.91 Å². The van der Waals surface area contributed by atoms with Crippen LogP contribution in [0.1, 0.15) is 37.8 Å².